The van der Waals surface area contributed by atoms with Gasteiger partial charge in [0.25, 0.3) is 5.91 Å². The van der Waals surface area contributed by atoms with Crippen LogP contribution in [0.15, 0.2) is 29.3 Å². The zero-order chi connectivity index (χ0) is 19.3. The van der Waals surface area contributed by atoms with Crippen molar-refractivity contribution in [2.75, 3.05) is 53.1 Å². The fourth-order valence-electron chi connectivity index (χ4n) is 2.66. The van der Waals surface area contributed by atoms with Crippen molar-refractivity contribution in [2.45, 2.75) is 12.8 Å². The summed E-state index contributed by atoms with van der Waals surface area (Å²) in [5.41, 5.74) is 0.478. The minimum absolute atomic E-state index is 0. The minimum Gasteiger partial charge on any atom is -0.381 e. The second kappa shape index (κ2) is 14.8. The topological polar surface area (TPSA) is 84.0 Å². The van der Waals surface area contributed by atoms with E-state index in [1.165, 1.54) is 0 Å². The van der Waals surface area contributed by atoms with Crippen LogP contribution >= 0.6 is 35.6 Å². The molecule has 7 nitrogen and oxygen atoms in total. The molecule has 0 radical (unpaired) electrons. The molecule has 9 heteroatoms. The number of aliphatic imine (C=N–C) groups is 1. The molecule has 0 spiro atoms. The van der Waals surface area contributed by atoms with Crippen molar-refractivity contribution >= 4 is 47.4 Å². The molecular formula is C19H30ClIN4O3. The van der Waals surface area contributed by atoms with E-state index in [4.69, 9.17) is 21.1 Å². The Morgan fingerprint density at radius 1 is 1.25 bits per heavy atom. The third kappa shape index (κ3) is 9.40. The lowest BCUT2D eigenvalue weighted by molar-refractivity contribution is 0.0887. The molecule has 0 aromatic heterocycles. The Morgan fingerprint density at radius 3 is 2.71 bits per heavy atom. The van der Waals surface area contributed by atoms with Gasteiger partial charge in [0.2, 0.25) is 0 Å². The summed E-state index contributed by atoms with van der Waals surface area (Å²) in [6.45, 7) is 4.98. The van der Waals surface area contributed by atoms with E-state index in [2.05, 4.69) is 20.9 Å². The summed E-state index contributed by atoms with van der Waals surface area (Å²) in [6.07, 6.45) is 2.00. The molecule has 1 aromatic rings. The van der Waals surface area contributed by atoms with Gasteiger partial charge < -0.3 is 25.4 Å². The van der Waals surface area contributed by atoms with E-state index >= 15 is 0 Å². The third-order valence-electron chi connectivity index (χ3n) is 4.18. The Kier molecular flexibility index (Phi) is 13.2. The van der Waals surface area contributed by atoms with Gasteiger partial charge in [-0.3, -0.25) is 9.79 Å². The van der Waals surface area contributed by atoms with Crippen LogP contribution < -0.4 is 16.0 Å². The summed E-state index contributed by atoms with van der Waals surface area (Å²) in [5, 5.41) is 9.67. The molecular weight excluding hydrogens is 495 g/mol. The van der Waals surface area contributed by atoms with Crippen LogP contribution in [0.4, 0.5) is 0 Å². The minimum atomic E-state index is -0.185. The van der Waals surface area contributed by atoms with Crippen molar-refractivity contribution in [2.24, 2.45) is 10.9 Å². The van der Waals surface area contributed by atoms with Gasteiger partial charge in [0, 0.05) is 45.8 Å². The fraction of sp³-hybridized carbons (Fsp3) is 0.579. The number of guanidine groups is 1. The second-order valence-corrected chi connectivity index (χ2v) is 6.73. The Hall–Kier alpha value is -1.10. The van der Waals surface area contributed by atoms with Crippen molar-refractivity contribution in [3.8, 4) is 0 Å². The number of ether oxygens (including phenoxy) is 2. The lowest BCUT2D eigenvalue weighted by Gasteiger charge is -2.13. The van der Waals surface area contributed by atoms with Crippen LogP contribution in [0.3, 0.4) is 0 Å². The molecule has 1 unspecified atom stereocenters. The number of halogens is 2. The lowest BCUT2D eigenvalue weighted by Crippen LogP contribution is -2.42. The highest BCUT2D eigenvalue weighted by atomic mass is 127. The van der Waals surface area contributed by atoms with Gasteiger partial charge in [0.15, 0.2) is 5.96 Å². The first-order valence-electron chi connectivity index (χ1n) is 9.33. The lowest BCUT2D eigenvalue weighted by atomic mass is 10.1. The number of amides is 1. The Labute approximate surface area is 189 Å². The number of carbonyl (C=O) groups is 1. The molecule has 0 bridgehead atoms. The van der Waals surface area contributed by atoms with Crippen LogP contribution in [0.5, 0.6) is 0 Å². The first-order chi connectivity index (χ1) is 13.2. The van der Waals surface area contributed by atoms with Crippen LogP contribution in [0.25, 0.3) is 0 Å². The van der Waals surface area contributed by atoms with Gasteiger partial charge in [0.05, 0.1) is 23.8 Å². The maximum atomic E-state index is 12.1. The molecule has 3 N–H and O–H groups in total. The zero-order valence-corrected chi connectivity index (χ0v) is 19.3. The van der Waals surface area contributed by atoms with Crippen molar-refractivity contribution in [3.05, 3.63) is 34.9 Å². The van der Waals surface area contributed by atoms with E-state index in [9.17, 15) is 4.79 Å². The highest BCUT2D eigenvalue weighted by Crippen LogP contribution is 2.14. The standard InChI is InChI=1S/C19H29ClN4O3.HI/c1-21-19(23-8-4-11-26-13-15-7-12-27-14-15)24-10-9-22-18(25)16-5-2-3-6-17(16)20;/h2-3,5-6,15H,4,7-14H2,1H3,(H,22,25)(H2,21,23,24);1H. The monoisotopic (exact) mass is 524 g/mol. The van der Waals surface area contributed by atoms with E-state index in [0.29, 0.717) is 42.2 Å². The quantitative estimate of drug-likeness (QED) is 0.189. The molecule has 1 aromatic carbocycles. The number of benzene rings is 1. The predicted molar refractivity (Wildman–Crippen MR) is 123 cm³/mol. The van der Waals surface area contributed by atoms with Crippen LogP contribution in [0, 0.1) is 5.92 Å². The van der Waals surface area contributed by atoms with Crippen molar-refractivity contribution in [1.29, 1.82) is 0 Å². The normalized spacial score (nSPS) is 16.4. The summed E-state index contributed by atoms with van der Waals surface area (Å²) < 4.78 is 11.0. The first kappa shape index (κ1) is 24.9. The summed E-state index contributed by atoms with van der Waals surface area (Å²) in [4.78, 5) is 16.2. The van der Waals surface area contributed by atoms with Crippen molar-refractivity contribution in [1.82, 2.24) is 16.0 Å². The summed E-state index contributed by atoms with van der Waals surface area (Å²) in [7, 11) is 1.72. The molecule has 1 atom stereocenters. The number of nitrogens with one attached hydrogen (secondary N) is 3. The molecule has 158 valence electrons. The van der Waals surface area contributed by atoms with E-state index in [-0.39, 0.29) is 29.9 Å². The first-order valence-corrected chi connectivity index (χ1v) is 9.71. The fourth-order valence-corrected chi connectivity index (χ4v) is 2.89. The van der Waals surface area contributed by atoms with Gasteiger partial charge in [-0.2, -0.15) is 0 Å². The molecule has 1 aliphatic rings. The Bertz CT molecular complexity index is 613. The average Bonchev–Trinajstić information content (AvgIpc) is 3.19. The van der Waals surface area contributed by atoms with E-state index < -0.39 is 0 Å². The smallest absolute Gasteiger partial charge is 0.252 e. The van der Waals surface area contributed by atoms with Gasteiger partial charge in [-0.15, -0.1) is 24.0 Å². The number of rotatable bonds is 10. The largest absolute Gasteiger partial charge is 0.381 e. The predicted octanol–water partition coefficient (Wildman–Crippen LogP) is 2.30. The highest BCUT2D eigenvalue weighted by molar-refractivity contribution is 14.0. The summed E-state index contributed by atoms with van der Waals surface area (Å²) in [5.74, 6) is 1.06. The van der Waals surface area contributed by atoms with Gasteiger partial charge in [0.1, 0.15) is 0 Å². The van der Waals surface area contributed by atoms with Gasteiger partial charge in [-0.25, -0.2) is 0 Å². The van der Waals surface area contributed by atoms with E-state index in [0.717, 1.165) is 39.2 Å². The summed E-state index contributed by atoms with van der Waals surface area (Å²) in [6, 6.07) is 6.99. The average molecular weight is 525 g/mol. The second-order valence-electron chi connectivity index (χ2n) is 6.32. The van der Waals surface area contributed by atoms with Crippen LogP contribution in [0.1, 0.15) is 23.2 Å². The highest BCUT2D eigenvalue weighted by Gasteiger charge is 2.15. The molecule has 0 aliphatic carbocycles. The SMILES string of the molecule is CN=C(NCCCOCC1CCOC1)NCCNC(=O)c1ccccc1Cl.I. The summed E-state index contributed by atoms with van der Waals surface area (Å²) >= 11 is 6.01. The van der Waals surface area contributed by atoms with Crippen LogP contribution in [-0.2, 0) is 9.47 Å². The van der Waals surface area contributed by atoms with Crippen molar-refractivity contribution in [3.63, 3.8) is 0 Å². The third-order valence-corrected chi connectivity index (χ3v) is 4.51. The molecule has 1 heterocycles. The number of carbonyl (C=O) groups excluding carboxylic acids is 1. The molecule has 28 heavy (non-hydrogen) atoms. The number of hydrogen-bond donors (Lipinski definition) is 3. The number of hydrogen-bond acceptors (Lipinski definition) is 4. The molecule has 1 aliphatic heterocycles. The molecule has 1 fully saturated rings. The molecule has 1 saturated heterocycles. The van der Waals surface area contributed by atoms with Crippen LogP contribution in [-0.4, -0.2) is 65.0 Å². The maximum Gasteiger partial charge on any atom is 0.252 e. The van der Waals surface area contributed by atoms with E-state index in [1.807, 2.05) is 0 Å². The Morgan fingerprint density at radius 2 is 2.00 bits per heavy atom. The number of nitrogens with zero attached hydrogens (tertiary/aromatic N) is 1. The van der Waals surface area contributed by atoms with E-state index in [1.54, 1.807) is 31.3 Å². The van der Waals surface area contributed by atoms with Gasteiger partial charge >= 0.3 is 0 Å². The molecule has 2 rings (SSSR count). The zero-order valence-electron chi connectivity index (χ0n) is 16.2. The maximum absolute atomic E-state index is 12.1. The van der Waals surface area contributed by atoms with Gasteiger partial charge in [-0.1, -0.05) is 23.7 Å². The van der Waals surface area contributed by atoms with Crippen molar-refractivity contribution < 1.29 is 14.3 Å². The van der Waals surface area contributed by atoms with Gasteiger partial charge in [-0.05, 0) is 25.0 Å². The molecule has 1 amide bonds. The Balaban J connectivity index is 0.00000392. The van der Waals surface area contributed by atoms with Crippen LogP contribution in [0.2, 0.25) is 5.02 Å². The molecule has 0 saturated carbocycles.